The zero-order valence-corrected chi connectivity index (χ0v) is 15.0. The molecule has 0 aliphatic carbocycles. The number of ether oxygens (including phenoxy) is 1. The Morgan fingerprint density at radius 3 is 2.29 bits per heavy atom. The highest BCUT2D eigenvalue weighted by Gasteiger charge is 2.31. The first-order chi connectivity index (χ1) is 10.9. The molecule has 6 heteroatoms. The predicted molar refractivity (Wildman–Crippen MR) is 88.5 cm³/mol. The van der Waals surface area contributed by atoms with E-state index in [4.69, 9.17) is 14.8 Å². The van der Waals surface area contributed by atoms with Gasteiger partial charge in [-0.25, -0.2) is 9.59 Å². The molecule has 0 radical (unpaired) electrons. The largest absolute Gasteiger partial charge is 0.444 e. The SMILES string of the molecule is CC(C)(C)OC(=O)N(Cc1cccc(C#N)c1)OC(=O)C(C)(C)C. The van der Waals surface area contributed by atoms with E-state index in [-0.39, 0.29) is 6.54 Å². The van der Waals surface area contributed by atoms with E-state index in [0.717, 1.165) is 5.06 Å². The third kappa shape index (κ3) is 6.29. The fraction of sp³-hybridized carbons (Fsp3) is 0.500. The maximum atomic E-state index is 12.3. The lowest BCUT2D eigenvalue weighted by molar-refractivity contribution is -0.196. The molecule has 0 aliphatic heterocycles. The van der Waals surface area contributed by atoms with Crippen LogP contribution in [-0.2, 0) is 20.9 Å². The molecule has 0 N–H and O–H groups in total. The Morgan fingerprint density at radius 2 is 1.79 bits per heavy atom. The Balaban J connectivity index is 3.02. The summed E-state index contributed by atoms with van der Waals surface area (Å²) in [6, 6.07) is 8.75. The second-order valence-corrected chi connectivity index (χ2v) is 7.46. The van der Waals surface area contributed by atoms with E-state index in [9.17, 15) is 9.59 Å². The summed E-state index contributed by atoms with van der Waals surface area (Å²) in [5, 5.41) is 9.85. The number of rotatable bonds is 2. The quantitative estimate of drug-likeness (QED) is 0.770. The summed E-state index contributed by atoms with van der Waals surface area (Å²) in [6.07, 6.45) is -0.762. The number of carbonyl (C=O) groups is 2. The van der Waals surface area contributed by atoms with Gasteiger partial charge >= 0.3 is 12.1 Å². The van der Waals surface area contributed by atoms with Crippen molar-refractivity contribution in [2.45, 2.75) is 53.7 Å². The summed E-state index contributed by atoms with van der Waals surface area (Å²) < 4.78 is 5.29. The molecule has 0 heterocycles. The summed E-state index contributed by atoms with van der Waals surface area (Å²) in [5.74, 6) is -0.551. The maximum absolute atomic E-state index is 12.3. The van der Waals surface area contributed by atoms with Crippen molar-refractivity contribution in [1.82, 2.24) is 5.06 Å². The lowest BCUT2D eigenvalue weighted by atomic mass is 9.98. The molecule has 130 valence electrons. The van der Waals surface area contributed by atoms with E-state index < -0.39 is 23.1 Å². The molecule has 24 heavy (non-hydrogen) atoms. The van der Waals surface area contributed by atoms with Crippen LogP contribution in [0.5, 0.6) is 0 Å². The molecule has 0 atom stereocenters. The van der Waals surface area contributed by atoms with Gasteiger partial charge in [-0.2, -0.15) is 5.26 Å². The smallest absolute Gasteiger partial charge is 0.442 e. The Labute approximate surface area is 142 Å². The second-order valence-electron chi connectivity index (χ2n) is 7.46. The molecular formula is C18H24N2O4. The normalized spacial score (nSPS) is 11.4. The molecule has 6 nitrogen and oxygen atoms in total. The first kappa shape index (κ1) is 19.5. The van der Waals surface area contributed by atoms with E-state index in [0.29, 0.717) is 11.1 Å². The first-order valence-corrected chi connectivity index (χ1v) is 7.64. The molecule has 0 fully saturated rings. The molecule has 0 unspecified atom stereocenters. The van der Waals surface area contributed by atoms with E-state index in [1.54, 1.807) is 65.8 Å². The van der Waals surface area contributed by atoms with Crippen LogP contribution in [0.3, 0.4) is 0 Å². The van der Waals surface area contributed by atoms with Gasteiger partial charge < -0.3 is 9.57 Å². The van der Waals surface area contributed by atoms with Crippen molar-refractivity contribution >= 4 is 12.1 Å². The highest BCUT2D eigenvalue weighted by atomic mass is 16.8. The fourth-order valence-corrected chi connectivity index (χ4v) is 1.59. The van der Waals surface area contributed by atoms with Gasteiger partial charge in [-0.05, 0) is 59.2 Å². The van der Waals surface area contributed by atoms with Crippen LogP contribution in [0.15, 0.2) is 24.3 Å². The highest BCUT2D eigenvalue weighted by Crippen LogP contribution is 2.19. The van der Waals surface area contributed by atoms with Gasteiger partial charge in [0.15, 0.2) is 0 Å². The van der Waals surface area contributed by atoms with Crippen LogP contribution in [0.1, 0.15) is 52.7 Å². The topological polar surface area (TPSA) is 79.6 Å². The predicted octanol–water partition coefficient (Wildman–Crippen LogP) is 3.80. The lowest BCUT2D eigenvalue weighted by Gasteiger charge is -2.28. The van der Waals surface area contributed by atoms with Crippen LogP contribution in [0, 0.1) is 16.7 Å². The number of amides is 1. The van der Waals surface area contributed by atoms with Crippen LogP contribution < -0.4 is 0 Å². The zero-order chi connectivity index (χ0) is 18.5. The van der Waals surface area contributed by atoms with E-state index in [2.05, 4.69) is 0 Å². The number of hydroxylamine groups is 2. The average Bonchev–Trinajstić information content (AvgIpc) is 2.43. The molecule has 0 spiro atoms. The van der Waals surface area contributed by atoms with Gasteiger partial charge in [-0.1, -0.05) is 12.1 Å². The minimum atomic E-state index is -0.769. The summed E-state index contributed by atoms with van der Waals surface area (Å²) in [4.78, 5) is 29.7. The Bertz CT molecular complexity index is 648. The van der Waals surface area contributed by atoms with Gasteiger partial charge in [0.1, 0.15) is 5.60 Å². The first-order valence-electron chi connectivity index (χ1n) is 7.64. The van der Waals surface area contributed by atoms with Gasteiger partial charge in [0.2, 0.25) is 0 Å². The van der Waals surface area contributed by atoms with Gasteiger partial charge in [-0.3, -0.25) is 0 Å². The maximum Gasteiger partial charge on any atom is 0.444 e. The number of hydrogen-bond donors (Lipinski definition) is 0. The Hall–Kier alpha value is -2.55. The molecule has 0 saturated carbocycles. The number of benzene rings is 1. The van der Waals surface area contributed by atoms with Crippen molar-refractivity contribution in [3.63, 3.8) is 0 Å². The average molecular weight is 332 g/mol. The van der Waals surface area contributed by atoms with Crippen molar-refractivity contribution in [3.8, 4) is 6.07 Å². The van der Waals surface area contributed by atoms with Gasteiger partial charge in [0.25, 0.3) is 0 Å². The number of nitrogens with zero attached hydrogens (tertiary/aromatic N) is 2. The van der Waals surface area contributed by atoms with Crippen LogP contribution >= 0.6 is 0 Å². The van der Waals surface area contributed by atoms with Crippen molar-refractivity contribution < 1.29 is 19.2 Å². The molecule has 0 aliphatic rings. The molecule has 1 aromatic carbocycles. The minimum absolute atomic E-state index is 0.00769. The van der Waals surface area contributed by atoms with Crippen molar-refractivity contribution in [1.29, 1.82) is 5.26 Å². The van der Waals surface area contributed by atoms with Crippen molar-refractivity contribution in [2.75, 3.05) is 0 Å². The van der Waals surface area contributed by atoms with Crippen LogP contribution in [0.4, 0.5) is 4.79 Å². The van der Waals surface area contributed by atoms with E-state index in [1.165, 1.54) is 0 Å². The van der Waals surface area contributed by atoms with E-state index >= 15 is 0 Å². The molecule has 1 amide bonds. The summed E-state index contributed by atoms with van der Waals surface area (Å²) in [5.41, 5.74) is -0.382. The van der Waals surface area contributed by atoms with E-state index in [1.807, 2.05) is 6.07 Å². The third-order valence-electron chi connectivity index (χ3n) is 2.78. The Kier molecular flexibility index (Phi) is 5.97. The number of hydrogen-bond acceptors (Lipinski definition) is 5. The minimum Gasteiger partial charge on any atom is -0.442 e. The van der Waals surface area contributed by atoms with Crippen molar-refractivity contribution in [2.24, 2.45) is 5.41 Å². The second kappa shape index (κ2) is 7.35. The molecule has 0 saturated heterocycles. The lowest BCUT2D eigenvalue weighted by Crippen LogP contribution is -2.40. The monoisotopic (exact) mass is 332 g/mol. The van der Waals surface area contributed by atoms with Gasteiger partial charge in [-0.15, -0.1) is 5.06 Å². The molecular weight excluding hydrogens is 308 g/mol. The van der Waals surface area contributed by atoms with Crippen LogP contribution in [0.2, 0.25) is 0 Å². The summed E-state index contributed by atoms with van der Waals surface area (Å²) >= 11 is 0. The standard InChI is InChI=1S/C18H24N2O4/c1-17(2,3)15(21)24-20(16(22)23-18(4,5)6)12-14-9-7-8-13(10-14)11-19/h7-10H,12H2,1-6H3. The molecule has 0 bridgehead atoms. The van der Waals surface area contributed by atoms with Crippen LogP contribution in [0.25, 0.3) is 0 Å². The van der Waals surface area contributed by atoms with Gasteiger partial charge in [0.05, 0.1) is 23.6 Å². The summed E-state index contributed by atoms with van der Waals surface area (Å²) in [6.45, 7) is 10.3. The highest BCUT2D eigenvalue weighted by molar-refractivity contribution is 5.77. The molecule has 1 rings (SSSR count). The van der Waals surface area contributed by atoms with Gasteiger partial charge in [0, 0.05) is 0 Å². The number of carbonyl (C=O) groups excluding carboxylic acids is 2. The third-order valence-corrected chi connectivity index (χ3v) is 2.78. The fourth-order valence-electron chi connectivity index (χ4n) is 1.59. The van der Waals surface area contributed by atoms with Crippen molar-refractivity contribution in [3.05, 3.63) is 35.4 Å². The summed E-state index contributed by atoms with van der Waals surface area (Å²) in [7, 11) is 0. The zero-order valence-electron chi connectivity index (χ0n) is 15.0. The van der Waals surface area contributed by atoms with Crippen LogP contribution in [-0.4, -0.2) is 22.7 Å². The Morgan fingerprint density at radius 1 is 1.17 bits per heavy atom. The molecule has 1 aromatic rings. The molecule has 0 aromatic heterocycles. The number of nitriles is 1.